The van der Waals surface area contributed by atoms with Crippen LogP contribution in [0.15, 0.2) is 29.2 Å². The Morgan fingerprint density at radius 1 is 1.24 bits per heavy atom. The van der Waals surface area contributed by atoms with E-state index in [-0.39, 0.29) is 17.7 Å². The van der Waals surface area contributed by atoms with Crippen LogP contribution in [-0.4, -0.2) is 25.6 Å². The molecule has 1 aromatic carbocycles. The van der Waals surface area contributed by atoms with Crippen molar-refractivity contribution < 1.29 is 13.2 Å². The van der Waals surface area contributed by atoms with Gasteiger partial charge in [0, 0.05) is 0 Å². The predicted octanol–water partition coefficient (Wildman–Crippen LogP) is 1.29. The van der Waals surface area contributed by atoms with Crippen molar-refractivity contribution in [2.75, 3.05) is 5.75 Å². The van der Waals surface area contributed by atoms with Crippen LogP contribution in [0.4, 0.5) is 0 Å². The first kappa shape index (κ1) is 14.5. The molecule has 1 atom stereocenters. The van der Waals surface area contributed by atoms with E-state index in [9.17, 15) is 13.2 Å². The van der Waals surface area contributed by atoms with Crippen LogP contribution in [0, 0.1) is 0 Å². The maximum Gasteiger partial charge on any atom is 0.240 e. The second-order valence-electron chi connectivity index (χ2n) is 6.03. The minimum Gasteiger partial charge on any atom is -0.348 e. The third kappa shape index (κ3) is 2.58. The lowest BCUT2D eigenvalue weighted by atomic mass is 9.96. The van der Waals surface area contributed by atoms with Crippen LogP contribution in [-0.2, 0) is 14.6 Å². The SMILES string of the molecule is NC1(C(=O)NC2CCS(=O)(=O)c3ccccc32)CCCC1. The molecule has 114 valence electrons. The monoisotopic (exact) mass is 308 g/mol. The summed E-state index contributed by atoms with van der Waals surface area (Å²) < 4.78 is 24.2. The first-order valence-corrected chi connectivity index (χ1v) is 8.99. The molecule has 1 saturated carbocycles. The largest absolute Gasteiger partial charge is 0.348 e. The normalized spacial score (nSPS) is 26.0. The Morgan fingerprint density at radius 2 is 1.90 bits per heavy atom. The van der Waals surface area contributed by atoms with E-state index in [1.54, 1.807) is 24.3 Å². The molecule has 3 rings (SSSR count). The van der Waals surface area contributed by atoms with Gasteiger partial charge in [0.2, 0.25) is 5.91 Å². The number of sulfone groups is 1. The van der Waals surface area contributed by atoms with E-state index in [2.05, 4.69) is 5.32 Å². The summed E-state index contributed by atoms with van der Waals surface area (Å²) >= 11 is 0. The number of benzene rings is 1. The van der Waals surface area contributed by atoms with E-state index >= 15 is 0 Å². The molecular weight excluding hydrogens is 288 g/mol. The number of fused-ring (bicyclic) bond motifs is 1. The molecule has 2 aliphatic rings. The zero-order chi connectivity index (χ0) is 15.1. The molecule has 5 nitrogen and oxygen atoms in total. The van der Waals surface area contributed by atoms with Crippen LogP contribution in [0.2, 0.25) is 0 Å². The van der Waals surface area contributed by atoms with E-state index in [1.165, 1.54) is 0 Å². The summed E-state index contributed by atoms with van der Waals surface area (Å²) in [4.78, 5) is 12.8. The fourth-order valence-electron chi connectivity index (χ4n) is 3.27. The number of carbonyl (C=O) groups excluding carboxylic acids is 1. The summed E-state index contributed by atoms with van der Waals surface area (Å²) in [5, 5.41) is 2.97. The maximum absolute atomic E-state index is 12.4. The smallest absolute Gasteiger partial charge is 0.240 e. The molecule has 3 N–H and O–H groups in total. The predicted molar refractivity (Wildman–Crippen MR) is 79.4 cm³/mol. The molecule has 6 heteroatoms. The zero-order valence-corrected chi connectivity index (χ0v) is 12.7. The molecule has 1 heterocycles. The molecule has 0 radical (unpaired) electrons. The lowest BCUT2D eigenvalue weighted by Crippen LogP contribution is -2.53. The Balaban J connectivity index is 1.86. The van der Waals surface area contributed by atoms with Gasteiger partial charge in [-0.05, 0) is 30.9 Å². The topological polar surface area (TPSA) is 89.3 Å². The second-order valence-corrected chi connectivity index (χ2v) is 8.11. The lowest BCUT2D eigenvalue weighted by molar-refractivity contribution is -0.127. The van der Waals surface area contributed by atoms with Crippen molar-refractivity contribution in [2.45, 2.75) is 48.6 Å². The summed E-state index contributed by atoms with van der Waals surface area (Å²) in [5.74, 6) is -0.0916. The van der Waals surface area contributed by atoms with E-state index in [0.29, 0.717) is 29.7 Å². The molecule has 1 aliphatic heterocycles. The van der Waals surface area contributed by atoms with Crippen LogP contribution in [0.3, 0.4) is 0 Å². The van der Waals surface area contributed by atoms with Gasteiger partial charge in [0.05, 0.1) is 22.2 Å². The van der Waals surface area contributed by atoms with Gasteiger partial charge in [0.25, 0.3) is 0 Å². The van der Waals surface area contributed by atoms with Gasteiger partial charge < -0.3 is 11.1 Å². The number of rotatable bonds is 2. The average molecular weight is 308 g/mol. The third-order valence-corrected chi connectivity index (χ3v) is 6.37. The summed E-state index contributed by atoms with van der Waals surface area (Å²) in [5.41, 5.74) is 6.06. The molecular formula is C15H20N2O3S. The van der Waals surface area contributed by atoms with Gasteiger partial charge >= 0.3 is 0 Å². The highest BCUT2D eigenvalue weighted by Gasteiger charge is 2.39. The number of amides is 1. The highest BCUT2D eigenvalue weighted by Crippen LogP contribution is 2.33. The van der Waals surface area contributed by atoms with Gasteiger partial charge in [-0.15, -0.1) is 0 Å². The van der Waals surface area contributed by atoms with E-state index < -0.39 is 15.4 Å². The molecule has 1 unspecified atom stereocenters. The van der Waals surface area contributed by atoms with Crippen LogP contribution < -0.4 is 11.1 Å². The third-order valence-electron chi connectivity index (χ3n) is 4.56. The maximum atomic E-state index is 12.4. The quantitative estimate of drug-likeness (QED) is 0.861. The van der Waals surface area contributed by atoms with Crippen molar-refractivity contribution in [1.29, 1.82) is 0 Å². The van der Waals surface area contributed by atoms with Crippen LogP contribution in [0.5, 0.6) is 0 Å². The van der Waals surface area contributed by atoms with Crippen LogP contribution >= 0.6 is 0 Å². The molecule has 1 aliphatic carbocycles. The number of carbonyl (C=O) groups is 1. The van der Waals surface area contributed by atoms with Crippen LogP contribution in [0.1, 0.15) is 43.7 Å². The van der Waals surface area contributed by atoms with Crippen LogP contribution in [0.25, 0.3) is 0 Å². The fraction of sp³-hybridized carbons (Fsp3) is 0.533. The van der Waals surface area contributed by atoms with Gasteiger partial charge in [0.15, 0.2) is 9.84 Å². The molecule has 0 saturated heterocycles. The summed E-state index contributed by atoms with van der Waals surface area (Å²) in [7, 11) is -3.23. The molecule has 0 aromatic heterocycles. The Labute approximate surface area is 124 Å². The van der Waals surface area contributed by atoms with Crippen molar-refractivity contribution in [3.8, 4) is 0 Å². The van der Waals surface area contributed by atoms with Gasteiger partial charge in [-0.1, -0.05) is 31.0 Å². The molecule has 1 aromatic rings. The minimum atomic E-state index is -3.23. The number of hydrogen-bond acceptors (Lipinski definition) is 4. The minimum absolute atomic E-state index is 0.0620. The van der Waals surface area contributed by atoms with E-state index in [0.717, 1.165) is 12.8 Å². The molecule has 0 spiro atoms. The Bertz CT molecular complexity index is 663. The first-order valence-electron chi connectivity index (χ1n) is 7.34. The lowest BCUT2D eigenvalue weighted by Gasteiger charge is -2.30. The molecule has 1 amide bonds. The van der Waals surface area contributed by atoms with Crippen molar-refractivity contribution >= 4 is 15.7 Å². The zero-order valence-electron chi connectivity index (χ0n) is 11.8. The van der Waals surface area contributed by atoms with Crippen molar-refractivity contribution in [3.05, 3.63) is 29.8 Å². The Hall–Kier alpha value is -1.40. The van der Waals surface area contributed by atoms with E-state index in [4.69, 9.17) is 5.73 Å². The fourth-order valence-corrected chi connectivity index (χ4v) is 4.90. The number of hydrogen-bond donors (Lipinski definition) is 2. The van der Waals surface area contributed by atoms with E-state index in [1.807, 2.05) is 0 Å². The standard InChI is InChI=1S/C15H20N2O3S/c16-15(8-3-4-9-15)14(18)17-12-7-10-21(19,20)13-6-2-1-5-11(12)13/h1-2,5-6,12H,3-4,7-10,16H2,(H,17,18). The van der Waals surface area contributed by atoms with Gasteiger partial charge in [-0.3, -0.25) is 4.79 Å². The van der Waals surface area contributed by atoms with Gasteiger partial charge in [0.1, 0.15) is 0 Å². The number of nitrogens with one attached hydrogen (secondary N) is 1. The average Bonchev–Trinajstić information content (AvgIpc) is 2.90. The summed E-state index contributed by atoms with van der Waals surface area (Å²) in [6.07, 6.45) is 3.75. The molecule has 1 fully saturated rings. The Kier molecular flexibility index (Phi) is 3.53. The molecule has 21 heavy (non-hydrogen) atoms. The number of nitrogens with two attached hydrogens (primary N) is 1. The first-order chi connectivity index (χ1) is 9.92. The van der Waals surface area contributed by atoms with Gasteiger partial charge in [-0.2, -0.15) is 0 Å². The highest BCUT2D eigenvalue weighted by molar-refractivity contribution is 7.91. The Morgan fingerprint density at radius 3 is 2.62 bits per heavy atom. The van der Waals surface area contributed by atoms with Crippen molar-refractivity contribution in [2.24, 2.45) is 5.73 Å². The van der Waals surface area contributed by atoms with Crippen molar-refractivity contribution in [1.82, 2.24) is 5.32 Å². The summed E-state index contributed by atoms with van der Waals surface area (Å²) in [6.45, 7) is 0. The molecule has 0 bridgehead atoms. The second kappa shape index (κ2) is 5.10. The highest BCUT2D eigenvalue weighted by atomic mass is 32.2. The van der Waals surface area contributed by atoms with Gasteiger partial charge in [-0.25, -0.2) is 8.42 Å². The van der Waals surface area contributed by atoms with Crippen molar-refractivity contribution in [3.63, 3.8) is 0 Å². The summed E-state index contributed by atoms with van der Waals surface area (Å²) in [6, 6.07) is 6.62.